The molecule has 1 amide bonds. The summed E-state index contributed by atoms with van der Waals surface area (Å²) in [5.41, 5.74) is 5.78. The van der Waals surface area contributed by atoms with Crippen LogP contribution in [0.5, 0.6) is 0 Å². The van der Waals surface area contributed by atoms with Gasteiger partial charge in [0.05, 0.1) is 0 Å². The smallest absolute Gasteiger partial charge is 0.223 e. The summed E-state index contributed by atoms with van der Waals surface area (Å²) in [6.45, 7) is 6.05. The summed E-state index contributed by atoms with van der Waals surface area (Å²) >= 11 is 0. The van der Waals surface area contributed by atoms with Gasteiger partial charge in [0, 0.05) is 25.6 Å². The number of aliphatic hydroxyl groups excluding tert-OH is 1. The van der Waals surface area contributed by atoms with Gasteiger partial charge in [-0.25, -0.2) is 0 Å². The lowest BCUT2D eigenvalue weighted by Crippen LogP contribution is -2.37. The van der Waals surface area contributed by atoms with Crippen LogP contribution in [0.2, 0.25) is 0 Å². The fourth-order valence-corrected chi connectivity index (χ4v) is 3.08. The van der Waals surface area contributed by atoms with Gasteiger partial charge in [0.15, 0.2) is 0 Å². The molecule has 1 aliphatic heterocycles. The van der Waals surface area contributed by atoms with Gasteiger partial charge in [0.25, 0.3) is 0 Å². The van der Waals surface area contributed by atoms with Crippen LogP contribution in [0.4, 0.5) is 0 Å². The van der Waals surface area contributed by atoms with E-state index < -0.39 is 0 Å². The van der Waals surface area contributed by atoms with Crippen LogP contribution >= 0.6 is 0 Å². The molecule has 0 aromatic heterocycles. The molecule has 1 fully saturated rings. The second-order valence-electron chi connectivity index (χ2n) is 6.18. The second kappa shape index (κ2) is 8.54. The maximum absolute atomic E-state index is 12.4. The van der Waals surface area contributed by atoms with E-state index in [0.29, 0.717) is 30.8 Å². The number of rotatable bonds is 8. The number of nitrogens with zero attached hydrogens (tertiary/aromatic N) is 1. The van der Waals surface area contributed by atoms with Crippen LogP contribution < -0.4 is 5.73 Å². The van der Waals surface area contributed by atoms with Crippen LogP contribution in [0.15, 0.2) is 0 Å². The van der Waals surface area contributed by atoms with E-state index >= 15 is 0 Å². The van der Waals surface area contributed by atoms with Gasteiger partial charge >= 0.3 is 0 Å². The molecule has 1 heterocycles. The third-order valence-electron chi connectivity index (χ3n) is 3.99. The first kappa shape index (κ1) is 16.4. The van der Waals surface area contributed by atoms with E-state index in [9.17, 15) is 4.79 Å². The van der Waals surface area contributed by atoms with E-state index in [1.165, 1.54) is 0 Å². The monoisotopic (exact) mass is 270 g/mol. The minimum Gasteiger partial charge on any atom is -0.396 e. The van der Waals surface area contributed by atoms with Gasteiger partial charge in [0.1, 0.15) is 0 Å². The highest BCUT2D eigenvalue weighted by atomic mass is 16.3. The van der Waals surface area contributed by atoms with Crippen LogP contribution in [0, 0.1) is 11.8 Å². The summed E-state index contributed by atoms with van der Waals surface area (Å²) in [6.07, 6.45) is 5.52. The highest BCUT2D eigenvalue weighted by Gasteiger charge is 2.29. The van der Waals surface area contributed by atoms with E-state index in [0.717, 1.165) is 38.6 Å². The zero-order valence-corrected chi connectivity index (χ0v) is 12.5. The Balaban J connectivity index is 2.46. The first-order valence-electron chi connectivity index (χ1n) is 7.68. The van der Waals surface area contributed by atoms with Crippen molar-refractivity contribution in [1.82, 2.24) is 4.90 Å². The van der Waals surface area contributed by atoms with Crippen molar-refractivity contribution in [3.63, 3.8) is 0 Å². The molecule has 19 heavy (non-hydrogen) atoms. The van der Waals surface area contributed by atoms with Crippen molar-refractivity contribution in [3.05, 3.63) is 0 Å². The number of aliphatic hydroxyl groups is 1. The van der Waals surface area contributed by atoms with E-state index in [4.69, 9.17) is 10.8 Å². The molecular formula is C15H30N2O2. The van der Waals surface area contributed by atoms with Crippen molar-refractivity contribution in [2.45, 2.75) is 58.4 Å². The Kier molecular flexibility index (Phi) is 7.39. The number of hydrogen-bond donors (Lipinski definition) is 2. The fourth-order valence-electron chi connectivity index (χ4n) is 3.08. The molecule has 112 valence electrons. The molecule has 0 aromatic carbocycles. The Morgan fingerprint density at radius 3 is 2.79 bits per heavy atom. The van der Waals surface area contributed by atoms with Gasteiger partial charge in [-0.15, -0.1) is 0 Å². The molecule has 4 nitrogen and oxygen atoms in total. The molecule has 1 saturated heterocycles. The normalized spacial score (nSPS) is 21.1. The number of amides is 1. The average molecular weight is 270 g/mol. The Labute approximate surface area is 117 Å². The SMILES string of the molecule is CC(C)CC(CN)CC(=O)N1CCCC1CCCO. The van der Waals surface area contributed by atoms with Gasteiger partial charge < -0.3 is 15.7 Å². The quantitative estimate of drug-likeness (QED) is 0.706. The fraction of sp³-hybridized carbons (Fsp3) is 0.933. The van der Waals surface area contributed by atoms with Crippen molar-refractivity contribution in [2.24, 2.45) is 17.6 Å². The Bertz CT molecular complexity index is 269. The largest absolute Gasteiger partial charge is 0.396 e. The number of carbonyl (C=O) groups excluding carboxylic acids is 1. The molecule has 0 radical (unpaired) electrons. The Morgan fingerprint density at radius 2 is 2.21 bits per heavy atom. The van der Waals surface area contributed by atoms with Gasteiger partial charge in [-0.2, -0.15) is 0 Å². The summed E-state index contributed by atoms with van der Waals surface area (Å²) in [6, 6.07) is 0.345. The van der Waals surface area contributed by atoms with Crippen molar-refractivity contribution >= 4 is 5.91 Å². The number of nitrogens with two attached hydrogens (primary N) is 1. The predicted octanol–water partition coefficient (Wildman–Crippen LogP) is 1.76. The van der Waals surface area contributed by atoms with Crippen LogP contribution in [0.1, 0.15) is 52.4 Å². The van der Waals surface area contributed by atoms with E-state index in [2.05, 4.69) is 13.8 Å². The molecule has 0 saturated carbocycles. The molecular weight excluding hydrogens is 240 g/mol. The number of likely N-dealkylation sites (tertiary alicyclic amines) is 1. The summed E-state index contributed by atoms with van der Waals surface area (Å²) in [4.78, 5) is 14.4. The van der Waals surface area contributed by atoms with Crippen LogP contribution in [0.25, 0.3) is 0 Å². The molecule has 0 aromatic rings. The highest BCUT2D eigenvalue weighted by molar-refractivity contribution is 5.77. The third kappa shape index (κ3) is 5.49. The molecule has 0 spiro atoms. The van der Waals surface area contributed by atoms with Gasteiger partial charge in [-0.05, 0) is 50.5 Å². The summed E-state index contributed by atoms with van der Waals surface area (Å²) in [5, 5.41) is 8.91. The topological polar surface area (TPSA) is 66.6 Å². The van der Waals surface area contributed by atoms with Gasteiger partial charge in [-0.3, -0.25) is 4.79 Å². The molecule has 3 N–H and O–H groups in total. The lowest BCUT2D eigenvalue weighted by molar-refractivity contribution is -0.133. The number of carbonyl (C=O) groups is 1. The summed E-state index contributed by atoms with van der Waals surface area (Å²) in [7, 11) is 0. The van der Waals surface area contributed by atoms with Crippen molar-refractivity contribution in [2.75, 3.05) is 19.7 Å². The Hall–Kier alpha value is -0.610. The minimum absolute atomic E-state index is 0.220. The molecule has 0 aliphatic carbocycles. The number of hydrogen-bond acceptors (Lipinski definition) is 3. The predicted molar refractivity (Wildman–Crippen MR) is 77.7 cm³/mol. The van der Waals surface area contributed by atoms with Crippen molar-refractivity contribution in [3.8, 4) is 0 Å². The molecule has 1 rings (SSSR count). The van der Waals surface area contributed by atoms with Crippen LogP contribution in [-0.2, 0) is 4.79 Å². The molecule has 2 unspecified atom stereocenters. The molecule has 2 atom stereocenters. The maximum Gasteiger partial charge on any atom is 0.223 e. The Morgan fingerprint density at radius 1 is 1.47 bits per heavy atom. The van der Waals surface area contributed by atoms with Gasteiger partial charge in [0.2, 0.25) is 5.91 Å². The van der Waals surface area contributed by atoms with E-state index in [1.807, 2.05) is 4.90 Å². The molecule has 4 heteroatoms. The minimum atomic E-state index is 0.220. The molecule has 0 bridgehead atoms. The van der Waals surface area contributed by atoms with Gasteiger partial charge in [-0.1, -0.05) is 13.8 Å². The maximum atomic E-state index is 12.4. The third-order valence-corrected chi connectivity index (χ3v) is 3.99. The summed E-state index contributed by atoms with van der Waals surface area (Å²) in [5.74, 6) is 1.16. The lowest BCUT2D eigenvalue weighted by Gasteiger charge is -2.27. The van der Waals surface area contributed by atoms with Crippen LogP contribution in [-0.4, -0.2) is 41.7 Å². The first-order chi connectivity index (χ1) is 9.08. The average Bonchev–Trinajstić information content (AvgIpc) is 2.83. The van der Waals surface area contributed by atoms with E-state index in [1.54, 1.807) is 0 Å². The van der Waals surface area contributed by atoms with Crippen LogP contribution in [0.3, 0.4) is 0 Å². The van der Waals surface area contributed by atoms with E-state index in [-0.39, 0.29) is 12.5 Å². The zero-order valence-electron chi connectivity index (χ0n) is 12.5. The summed E-state index contributed by atoms with van der Waals surface area (Å²) < 4.78 is 0. The standard InChI is InChI=1S/C15H30N2O2/c1-12(2)9-13(11-16)10-15(19)17-7-3-5-14(17)6-4-8-18/h12-14,18H,3-11,16H2,1-2H3. The first-order valence-corrected chi connectivity index (χ1v) is 7.68. The zero-order chi connectivity index (χ0) is 14.3. The van der Waals surface area contributed by atoms with Crippen molar-refractivity contribution in [1.29, 1.82) is 0 Å². The van der Waals surface area contributed by atoms with Crippen molar-refractivity contribution < 1.29 is 9.90 Å². The lowest BCUT2D eigenvalue weighted by atomic mass is 9.93. The molecule has 1 aliphatic rings. The second-order valence-corrected chi connectivity index (χ2v) is 6.18. The highest BCUT2D eigenvalue weighted by Crippen LogP contribution is 2.24.